The molecular weight excluding hydrogens is 280 g/mol. The van der Waals surface area contributed by atoms with Gasteiger partial charge in [-0.15, -0.1) is 0 Å². The maximum Gasteiger partial charge on any atom is 0.336 e. The fourth-order valence-corrected chi connectivity index (χ4v) is 3.53. The SMILES string of the molecule is O=C(O)c1ccccc1-c1noc(C2CCC3(CC2)CC3)n1. The lowest BCUT2D eigenvalue weighted by atomic mass is 9.80. The van der Waals surface area contributed by atoms with E-state index in [1.807, 2.05) is 0 Å². The molecule has 1 aromatic heterocycles. The summed E-state index contributed by atoms with van der Waals surface area (Å²) >= 11 is 0. The summed E-state index contributed by atoms with van der Waals surface area (Å²) in [5.74, 6) is 0.380. The predicted octanol–water partition coefficient (Wildman–Crippen LogP) is 3.87. The van der Waals surface area contributed by atoms with Crippen LogP contribution < -0.4 is 0 Å². The van der Waals surface area contributed by atoms with Gasteiger partial charge in [-0.25, -0.2) is 4.79 Å². The number of aromatic carboxylic acids is 1. The highest BCUT2D eigenvalue weighted by atomic mass is 16.5. The molecule has 0 atom stereocenters. The molecule has 2 fully saturated rings. The Hall–Kier alpha value is -2.17. The first-order valence-corrected chi connectivity index (χ1v) is 7.83. The topological polar surface area (TPSA) is 76.2 Å². The van der Waals surface area contributed by atoms with E-state index in [0.717, 1.165) is 12.8 Å². The predicted molar refractivity (Wildman–Crippen MR) is 79.6 cm³/mol. The van der Waals surface area contributed by atoms with Crippen molar-refractivity contribution in [3.05, 3.63) is 35.7 Å². The van der Waals surface area contributed by atoms with Gasteiger partial charge in [0.05, 0.1) is 5.56 Å². The summed E-state index contributed by atoms with van der Waals surface area (Å²) in [4.78, 5) is 15.8. The summed E-state index contributed by atoms with van der Waals surface area (Å²) in [7, 11) is 0. The maximum atomic E-state index is 11.3. The number of carboxylic acid groups (broad SMARTS) is 1. The van der Waals surface area contributed by atoms with Gasteiger partial charge in [-0.1, -0.05) is 23.4 Å². The second kappa shape index (κ2) is 4.93. The average Bonchev–Trinajstić information content (AvgIpc) is 3.11. The number of hydrogen-bond donors (Lipinski definition) is 1. The van der Waals surface area contributed by atoms with Crippen LogP contribution in [0, 0.1) is 5.41 Å². The Kier molecular flexibility index (Phi) is 3.03. The van der Waals surface area contributed by atoms with Crippen LogP contribution in [-0.2, 0) is 0 Å². The normalized spacial score (nSPS) is 20.2. The molecule has 0 saturated heterocycles. The molecule has 0 unspecified atom stereocenters. The minimum atomic E-state index is -0.977. The van der Waals surface area contributed by atoms with Gasteiger partial charge < -0.3 is 9.63 Å². The number of nitrogens with zero attached hydrogens (tertiary/aromatic N) is 2. The van der Waals surface area contributed by atoms with Gasteiger partial charge >= 0.3 is 5.97 Å². The summed E-state index contributed by atoms with van der Waals surface area (Å²) in [6.45, 7) is 0. The van der Waals surface area contributed by atoms with Gasteiger partial charge in [0.15, 0.2) is 0 Å². The molecule has 1 N–H and O–H groups in total. The highest BCUT2D eigenvalue weighted by molar-refractivity contribution is 5.94. The first-order valence-electron chi connectivity index (χ1n) is 7.83. The first-order chi connectivity index (χ1) is 10.7. The molecule has 2 aliphatic carbocycles. The number of aromatic nitrogens is 2. The minimum Gasteiger partial charge on any atom is -0.478 e. The Labute approximate surface area is 128 Å². The molecule has 0 bridgehead atoms. The minimum absolute atomic E-state index is 0.204. The monoisotopic (exact) mass is 298 g/mol. The lowest BCUT2D eigenvalue weighted by molar-refractivity contribution is 0.0697. The summed E-state index contributed by atoms with van der Waals surface area (Å²) in [5.41, 5.74) is 1.35. The Bertz CT molecular complexity index is 708. The van der Waals surface area contributed by atoms with E-state index < -0.39 is 5.97 Å². The van der Waals surface area contributed by atoms with Crippen molar-refractivity contribution in [1.82, 2.24) is 10.1 Å². The second-order valence-corrected chi connectivity index (χ2v) is 6.58. The molecule has 0 radical (unpaired) electrons. The van der Waals surface area contributed by atoms with Crippen LogP contribution in [-0.4, -0.2) is 21.2 Å². The van der Waals surface area contributed by atoms with Crippen molar-refractivity contribution in [2.75, 3.05) is 0 Å². The van der Waals surface area contributed by atoms with Gasteiger partial charge in [0.2, 0.25) is 11.7 Å². The molecule has 2 saturated carbocycles. The van der Waals surface area contributed by atoms with Crippen molar-refractivity contribution in [3.8, 4) is 11.4 Å². The van der Waals surface area contributed by atoms with Crippen molar-refractivity contribution < 1.29 is 14.4 Å². The van der Waals surface area contributed by atoms with E-state index in [1.165, 1.54) is 25.7 Å². The third-order valence-electron chi connectivity index (χ3n) is 5.19. The zero-order valence-electron chi connectivity index (χ0n) is 12.3. The van der Waals surface area contributed by atoms with Crippen molar-refractivity contribution in [2.24, 2.45) is 5.41 Å². The maximum absolute atomic E-state index is 11.3. The molecule has 5 nitrogen and oxygen atoms in total. The zero-order chi connectivity index (χ0) is 15.2. The Morgan fingerprint density at radius 2 is 1.91 bits per heavy atom. The Balaban J connectivity index is 1.58. The first kappa shape index (κ1) is 13.5. The molecule has 5 heteroatoms. The second-order valence-electron chi connectivity index (χ2n) is 6.58. The van der Waals surface area contributed by atoms with Crippen LogP contribution in [0.2, 0.25) is 0 Å². The van der Waals surface area contributed by atoms with Crippen LogP contribution in [0.4, 0.5) is 0 Å². The highest BCUT2D eigenvalue weighted by Gasteiger charge is 2.45. The number of carbonyl (C=O) groups is 1. The molecular formula is C17H18N2O3. The van der Waals surface area contributed by atoms with E-state index in [4.69, 9.17) is 4.52 Å². The molecule has 1 aromatic carbocycles. The Morgan fingerprint density at radius 3 is 2.59 bits per heavy atom. The smallest absolute Gasteiger partial charge is 0.336 e. The summed E-state index contributed by atoms with van der Waals surface area (Å²) in [5, 5.41) is 13.3. The molecule has 114 valence electrons. The lowest BCUT2D eigenvalue weighted by Gasteiger charge is -2.25. The third-order valence-corrected chi connectivity index (χ3v) is 5.19. The van der Waals surface area contributed by atoms with E-state index in [0.29, 0.717) is 28.6 Å². The van der Waals surface area contributed by atoms with Gasteiger partial charge in [0, 0.05) is 11.5 Å². The van der Waals surface area contributed by atoms with Crippen molar-refractivity contribution in [3.63, 3.8) is 0 Å². The largest absolute Gasteiger partial charge is 0.478 e. The van der Waals surface area contributed by atoms with Gasteiger partial charge in [-0.2, -0.15) is 4.98 Å². The molecule has 1 heterocycles. The fourth-order valence-electron chi connectivity index (χ4n) is 3.53. The summed E-state index contributed by atoms with van der Waals surface area (Å²) < 4.78 is 5.43. The molecule has 4 rings (SSSR count). The summed E-state index contributed by atoms with van der Waals surface area (Å²) in [6, 6.07) is 6.77. The van der Waals surface area contributed by atoms with Crippen LogP contribution in [0.3, 0.4) is 0 Å². The molecule has 1 spiro atoms. The summed E-state index contributed by atoms with van der Waals surface area (Å²) in [6.07, 6.45) is 7.45. The molecule has 0 aliphatic heterocycles. The van der Waals surface area contributed by atoms with Crippen LogP contribution in [0.15, 0.2) is 28.8 Å². The quantitative estimate of drug-likeness (QED) is 0.930. The highest BCUT2D eigenvalue weighted by Crippen LogP contribution is 2.58. The molecule has 2 aliphatic rings. The van der Waals surface area contributed by atoms with Crippen molar-refractivity contribution in [1.29, 1.82) is 0 Å². The lowest BCUT2D eigenvalue weighted by Crippen LogP contribution is -2.14. The van der Waals surface area contributed by atoms with Crippen LogP contribution in [0.25, 0.3) is 11.4 Å². The standard InChI is InChI=1S/C17H18N2O3/c20-16(21)13-4-2-1-3-12(13)14-18-15(22-19-14)11-5-7-17(8-6-11)9-10-17/h1-4,11H,5-10H2,(H,20,21). The van der Waals surface area contributed by atoms with Crippen molar-refractivity contribution in [2.45, 2.75) is 44.4 Å². The molecule has 22 heavy (non-hydrogen) atoms. The average molecular weight is 298 g/mol. The number of hydrogen-bond acceptors (Lipinski definition) is 4. The third kappa shape index (κ3) is 2.30. The molecule has 0 amide bonds. The number of benzene rings is 1. The van der Waals surface area contributed by atoms with E-state index in [-0.39, 0.29) is 5.56 Å². The van der Waals surface area contributed by atoms with Gasteiger partial charge in [-0.05, 0) is 50.0 Å². The van der Waals surface area contributed by atoms with E-state index >= 15 is 0 Å². The van der Waals surface area contributed by atoms with Crippen LogP contribution >= 0.6 is 0 Å². The van der Waals surface area contributed by atoms with Gasteiger partial charge in [0.25, 0.3) is 0 Å². The van der Waals surface area contributed by atoms with Crippen LogP contribution in [0.1, 0.15) is 60.7 Å². The van der Waals surface area contributed by atoms with Gasteiger partial charge in [-0.3, -0.25) is 0 Å². The van der Waals surface area contributed by atoms with E-state index in [1.54, 1.807) is 24.3 Å². The number of rotatable bonds is 3. The van der Waals surface area contributed by atoms with Crippen molar-refractivity contribution >= 4 is 5.97 Å². The Morgan fingerprint density at radius 1 is 1.18 bits per heavy atom. The molecule has 2 aromatic rings. The zero-order valence-corrected chi connectivity index (χ0v) is 12.3. The number of carboxylic acids is 1. The van der Waals surface area contributed by atoms with Crippen LogP contribution in [0.5, 0.6) is 0 Å². The van der Waals surface area contributed by atoms with E-state index in [2.05, 4.69) is 10.1 Å². The van der Waals surface area contributed by atoms with Gasteiger partial charge in [0.1, 0.15) is 0 Å². The van der Waals surface area contributed by atoms with E-state index in [9.17, 15) is 9.90 Å². The fraction of sp³-hybridized carbons (Fsp3) is 0.471.